The van der Waals surface area contributed by atoms with Crippen LogP contribution in [0, 0.1) is 0 Å². The summed E-state index contributed by atoms with van der Waals surface area (Å²) >= 11 is 0. The molecule has 19 heavy (non-hydrogen) atoms. The van der Waals surface area contributed by atoms with Gasteiger partial charge in [0.05, 0.1) is 32.0 Å². The number of hydrogen-bond donors (Lipinski definition) is 2. The Balaban J connectivity index is 1.95. The highest BCUT2D eigenvalue weighted by Crippen LogP contribution is 2.08. The number of rotatable bonds is 9. The molecule has 1 saturated heterocycles. The van der Waals surface area contributed by atoms with Crippen molar-refractivity contribution in [3.05, 3.63) is 0 Å². The lowest BCUT2D eigenvalue weighted by atomic mass is 10.1. The summed E-state index contributed by atoms with van der Waals surface area (Å²) in [6.07, 6.45) is 1.59. The van der Waals surface area contributed by atoms with E-state index in [4.69, 9.17) is 9.47 Å². The average molecular weight is 293 g/mol. The van der Waals surface area contributed by atoms with Gasteiger partial charge in [0.15, 0.2) is 0 Å². The fourth-order valence-electron chi connectivity index (χ4n) is 1.92. The lowest BCUT2D eigenvalue weighted by Gasteiger charge is -2.24. The summed E-state index contributed by atoms with van der Waals surface area (Å²) in [5.74, 6) is 1.55. The second kappa shape index (κ2) is 9.83. The molecule has 6 heteroatoms. The second-order valence-electron chi connectivity index (χ2n) is 5.18. The van der Waals surface area contributed by atoms with Crippen molar-refractivity contribution in [2.24, 2.45) is 0 Å². The Kier molecular flexibility index (Phi) is 8.81. The molecule has 1 unspecified atom stereocenters. The van der Waals surface area contributed by atoms with E-state index >= 15 is 0 Å². The normalized spacial score (nSPS) is 25.7. The van der Waals surface area contributed by atoms with Crippen molar-refractivity contribution in [2.75, 3.05) is 37.9 Å². The van der Waals surface area contributed by atoms with Crippen molar-refractivity contribution in [1.29, 1.82) is 0 Å². The number of hydrogen-bond acceptors (Lipinski definition) is 5. The monoisotopic (exact) mass is 293 g/mol. The summed E-state index contributed by atoms with van der Waals surface area (Å²) in [7, 11) is -0.627. The number of ether oxygens (including phenoxy) is 2. The molecule has 1 atom stereocenters. The Hall–Kier alpha value is -0.0100. The molecule has 0 aromatic rings. The van der Waals surface area contributed by atoms with Crippen molar-refractivity contribution < 1.29 is 18.8 Å². The molecule has 0 saturated carbocycles. The van der Waals surface area contributed by atoms with Gasteiger partial charge >= 0.3 is 0 Å². The van der Waals surface area contributed by atoms with Crippen LogP contribution in [0.25, 0.3) is 0 Å². The Bertz CT molecular complexity index is 253. The molecule has 0 aromatic carbocycles. The van der Waals surface area contributed by atoms with Gasteiger partial charge < -0.3 is 19.9 Å². The molecule has 5 nitrogen and oxygen atoms in total. The highest BCUT2D eigenvalue weighted by Gasteiger charge is 2.18. The average Bonchev–Trinajstić information content (AvgIpc) is 2.37. The molecule has 0 bridgehead atoms. The van der Waals surface area contributed by atoms with E-state index in [1.54, 1.807) is 0 Å². The van der Waals surface area contributed by atoms with E-state index < -0.39 is 16.9 Å². The van der Waals surface area contributed by atoms with Gasteiger partial charge in [0.25, 0.3) is 0 Å². The maximum Gasteiger partial charge on any atom is 0.0897 e. The van der Waals surface area contributed by atoms with Crippen LogP contribution in [-0.4, -0.2) is 65.4 Å². The highest BCUT2D eigenvalue weighted by molar-refractivity contribution is 7.85. The highest BCUT2D eigenvalue weighted by atomic mass is 32.2. The van der Waals surface area contributed by atoms with Crippen LogP contribution >= 0.6 is 0 Å². The molecule has 0 aromatic heterocycles. The van der Waals surface area contributed by atoms with Crippen molar-refractivity contribution in [1.82, 2.24) is 5.32 Å². The Labute approximate surface area is 118 Å². The Morgan fingerprint density at radius 2 is 2.00 bits per heavy atom. The smallest absolute Gasteiger partial charge is 0.0897 e. The van der Waals surface area contributed by atoms with Crippen molar-refractivity contribution in [2.45, 2.75) is 44.9 Å². The van der Waals surface area contributed by atoms with E-state index in [1.807, 2.05) is 13.8 Å². The van der Waals surface area contributed by atoms with Crippen molar-refractivity contribution in [3.63, 3.8) is 0 Å². The Morgan fingerprint density at radius 3 is 2.63 bits per heavy atom. The molecule has 1 rings (SSSR count). The molecular weight excluding hydrogens is 266 g/mol. The first-order valence-corrected chi connectivity index (χ1v) is 8.52. The first-order chi connectivity index (χ1) is 9.08. The standard InChI is InChI=1S/C13H27NO4S/c1-11(2)18-6-5-17-10-13(15)9-14-12-3-7-19(16)8-4-12/h11-15H,3-10H2,1-2H3. The maximum atomic E-state index is 11.2. The predicted molar refractivity (Wildman–Crippen MR) is 76.8 cm³/mol. The van der Waals surface area contributed by atoms with Crippen LogP contribution in [-0.2, 0) is 20.3 Å². The topological polar surface area (TPSA) is 67.8 Å². The molecule has 0 radical (unpaired) electrons. The largest absolute Gasteiger partial charge is 0.389 e. The fourth-order valence-corrected chi connectivity index (χ4v) is 3.22. The van der Waals surface area contributed by atoms with Crippen LogP contribution in [0.1, 0.15) is 26.7 Å². The van der Waals surface area contributed by atoms with Gasteiger partial charge in [-0.15, -0.1) is 0 Å². The van der Waals surface area contributed by atoms with Crippen molar-refractivity contribution >= 4 is 10.8 Å². The van der Waals surface area contributed by atoms with E-state index in [0.717, 1.165) is 24.3 Å². The minimum Gasteiger partial charge on any atom is -0.389 e. The van der Waals surface area contributed by atoms with Gasteiger partial charge in [0, 0.05) is 34.9 Å². The molecule has 0 spiro atoms. The zero-order chi connectivity index (χ0) is 14.1. The third kappa shape index (κ3) is 8.70. The zero-order valence-electron chi connectivity index (χ0n) is 12.0. The summed E-state index contributed by atoms with van der Waals surface area (Å²) in [4.78, 5) is 0. The van der Waals surface area contributed by atoms with Gasteiger partial charge in [-0.25, -0.2) is 0 Å². The summed E-state index contributed by atoms with van der Waals surface area (Å²) in [5, 5.41) is 13.1. The van der Waals surface area contributed by atoms with Crippen LogP contribution in [0.4, 0.5) is 0 Å². The van der Waals surface area contributed by atoms with Crippen LogP contribution in [0.15, 0.2) is 0 Å². The number of aliphatic hydroxyl groups excluding tert-OH is 1. The molecule has 1 fully saturated rings. The summed E-state index contributed by atoms with van der Waals surface area (Å²) < 4.78 is 21.9. The van der Waals surface area contributed by atoms with Crippen LogP contribution < -0.4 is 5.32 Å². The quantitative estimate of drug-likeness (QED) is 0.598. The lowest BCUT2D eigenvalue weighted by molar-refractivity contribution is -0.0105. The van der Waals surface area contributed by atoms with Gasteiger partial charge in [0.2, 0.25) is 0 Å². The summed E-state index contributed by atoms with van der Waals surface area (Å²) in [5.41, 5.74) is 0. The van der Waals surface area contributed by atoms with Crippen LogP contribution in [0.2, 0.25) is 0 Å². The minimum atomic E-state index is -0.627. The van der Waals surface area contributed by atoms with Gasteiger partial charge in [0.1, 0.15) is 0 Å². The molecule has 0 amide bonds. The molecule has 1 aliphatic rings. The fraction of sp³-hybridized carbons (Fsp3) is 1.00. The first-order valence-electron chi connectivity index (χ1n) is 7.03. The van der Waals surface area contributed by atoms with E-state index in [-0.39, 0.29) is 6.10 Å². The molecule has 2 N–H and O–H groups in total. The summed E-state index contributed by atoms with van der Waals surface area (Å²) in [6.45, 7) is 5.89. The van der Waals surface area contributed by atoms with E-state index in [2.05, 4.69) is 5.32 Å². The zero-order valence-corrected chi connectivity index (χ0v) is 12.8. The number of aliphatic hydroxyl groups is 1. The van der Waals surface area contributed by atoms with Gasteiger partial charge in [-0.05, 0) is 26.7 Å². The number of nitrogens with one attached hydrogen (secondary N) is 1. The predicted octanol–water partition coefficient (Wildman–Crippen LogP) is 0.290. The molecular formula is C13H27NO4S. The van der Waals surface area contributed by atoms with Gasteiger partial charge in [-0.3, -0.25) is 4.21 Å². The van der Waals surface area contributed by atoms with E-state index in [1.165, 1.54) is 0 Å². The van der Waals surface area contributed by atoms with Crippen LogP contribution in [0.5, 0.6) is 0 Å². The third-order valence-electron chi connectivity index (χ3n) is 3.02. The van der Waals surface area contributed by atoms with E-state index in [0.29, 0.717) is 32.4 Å². The van der Waals surface area contributed by atoms with E-state index in [9.17, 15) is 9.32 Å². The Morgan fingerprint density at radius 1 is 1.32 bits per heavy atom. The molecule has 1 heterocycles. The minimum absolute atomic E-state index is 0.215. The van der Waals surface area contributed by atoms with Crippen LogP contribution in [0.3, 0.4) is 0 Å². The molecule has 1 aliphatic heterocycles. The van der Waals surface area contributed by atoms with Crippen molar-refractivity contribution in [3.8, 4) is 0 Å². The summed E-state index contributed by atoms with van der Waals surface area (Å²) in [6, 6.07) is 0.386. The molecule has 0 aliphatic carbocycles. The van der Waals surface area contributed by atoms with Gasteiger partial charge in [-0.2, -0.15) is 0 Å². The maximum absolute atomic E-state index is 11.2. The third-order valence-corrected chi connectivity index (χ3v) is 4.40. The second-order valence-corrected chi connectivity index (χ2v) is 6.88. The first kappa shape index (κ1) is 17.0. The SMILES string of the molecule is CC(C)OCCOCC(O)CNC1CCS(=O)CC1. The lowest BCUT2D eigenvalue weighted by Crippen LogP contribution is -2.41. The molecule has 114 valence electrons. The van der Waals surface area contributed by atoms with Gasteiger partial charge in [-0.1, -0.05) is 0 Å².